The topological polar surface area (TPSA) is 193 Å². The first-order valence-electron chi connectivity index (χ1n) is 27.7. The fourth-order valence-corrected chi connectivity index (χ4v) is 10.8. The van der Waals surface area contributed by atoms with E-state index >= 15 is 0 Å². The third kappa shape index (κ3) is 15.8. The molecule has 2 aliphatic rings. The first-order chi connectivity index (χ1) is 37.8. The lowest BCUT2D eigenvalue weighted by Gasteiger charge is -2.47. The van der Waals surface area contributed by atoms with Gasteiger partial charge in [0.25, 0.3) is 0 Å². The van der Waals surface area contributed by atoms with Gasteiger partial charge in [-0.15, -0.1) is 28.5 Å². The molecule has 0 unspecified atom stereocenters. The Morgan fingerprint density at radius 3 is 1.58 bits per heavy atom. The number of hydrogen-bond donors (Lipinski definition) is 2. The van der Waals surface area contributed by atoms with Crippen molar-refractivity contribution in [2.75, 3.05) is 52.5 Å². The highest BCUT2D eigenvalue weighted by Gasteiger charge is 2.36. The standard InChI is InChI=1S/2C30H40N6O3/c1-5-16-34-20-23(4)35(21-22(34)3)29(25-12-10-14-27(37)19-25)24-11-9-13-26(18-24)30-31-32-33-36(30)17-8-7-15-28(38)39-6-2;1-5-16-34-20-23(4)35(21-22(34)3)29(25-12-10-14-27(37)19-25)24-11-9-13-26(18-24)30-31-33-36(32-30)17-8-7-15-28(38)39-6-2/h2*5,9-14,18-19,22-23,29,37H,1,6-8,15-17,20-21H2,2-4H3/t2*22-,23+,29-/m11/s1. The van der Waals surface area contributed by atoms with E-state index in [4.69, 9.17) is 9.47 Å². The zero-order chi connectivity index (χ0) is 55.6. The highest BCUT2D eigenvalue weighted by atomic mass is 16.5. The van der Waals surface area contributed by atoms with Crippen LogP contribution in [-0.4, -0.2) is 159 Å². The van der Waals surface area contributed by atoms with Gasteiger partial charge in [-0.2, -0.15) is 4.80 Å². The molecule has 8 rings (SSSR count). The average molecular weight is 1070 g/mol. The summed E-state index contributed by atoms with van der Waals surface area (Å²) in [7, 11) is 0. The predicted octanol–water partition coefficient (Wildman–Crippen LogP) is 8.90. The number of tetrazole rings is 2. The lowest BCUT2D eigenvalue weighted by atomic mass is 9.92. The number of phenolic OH excluding ortho intramolecular Hbond substituents is 2. The summed E-state index contributed by atoms with van der Waals surface area (Å²) in [5.74, 6) is 1.43. The number of carbonyl (C=O) groups excluding carboxylic acids is 2. The van der Waals surface area contributed by atoms with E-state index in [-0.39, 0.29) is 35.5 Å². The Hall–Kier alpha value is -7.12. The van der Waals surface area contributed by atoms with Crippen LogP contribution >= 0.6 is 0 Å². The minimum atomic E-state index is -0.173. The van der Waals surface area contributed by atoms with Crippen LogP contribution in [-0.2, 0) is 32.2 Å². The van der Waals surface area contributed by atoms with Crippen molar-refractivity contribution in [1.82, 2.24) is 60.0 Å². The van der Waals surface area contributed by atoms with Crippen molar-refractivity contribution in [2.45, 2.75) is 129 Å². The lowest BCUT2D eigenvalue weighted by molar-refractivity contribution is -0.144. The molecule has 0 amide bonds. The predicted molar refractivity (Wildman–Crippen MR) is 302 cm³/mol. The molecule has 6 atom stereocenters. The summed E-state index contributed by atoms with van der Waals surface area (Å²) < 4.78 is 11.8. The largest absolute Gasteiger partial charge is 0.508 e. The second-order valence-corrected chi connectivity index (χ2v) is 20.5. The number of carbonyl (C=O) groups is 2. The van der Waals surface area contributed by atoms with E-state index in [1.54, 1.807) is 21.6 Å². The van der Waals surface area contributed by atoms with Crippen LogP contribution in [0.3, 0.4) is 0 Å². The number of rotatable bonds is 24. The first kappa shape index (κ1) is 58.6. The van der Waals surface area contributed by atoms with Crippen LogP contribution in [0.15, 0.2) is 122 Å². The van der Waals surface area contributed by atoms with Crippen molar-refractivity contribution in [3.8, 4) is 34.3 Å². The van der Waals surface area contributed by atoms with Crippen LogP contribution in [0.2, 0.25) is 0 Å². The molecular weight excluding hydrogens is 985 g/mol. The zero-order valence-electron chi connectivity index (χ0n) is 46.5. The van der Waals surface area contributed by atoms with E-state index < -0.39 is 0 Å². The van der Waals surface area contributed by atoms with Gasteiger partial charge in [-0.25, -0.2) is 4.68 Å². The molecule has 2 saturated heterocycles. The summed E-state index contributed by atoms with van der Waals surface area (Å²) in [5.41, 5.74) is 6.13. The smallest absolute Gasteiger partial charge is 0.305 e. The molecule has 2 fully saturated rings. The van der Waals surface area contributed by atoms with Crippen molar-refractivity contribution < 1.29 is 29.3 Å². The van der Waals surface area contributed by atoms with Crippen LogP contribution in [0, 0.1) is 0 Å². The van der Waals surface area contributed by atoms with E-state index in [2.05, 4.69) is 128 Å². The SMILES string of the molecule is C=CCN1C[C@H](C)N([C@@H](c2cccc(O)c2)c2cccc(-c3nnn(CCCCC(=O)OCC)n3)c2)C[C@H]1C.C=CCN1C[C@H](C)N([C@@H](c2cccc(O)c2)c2cccc(-c3nnnn3CCCCC(=O)OCC)c2)C[C@H]1C. The van der Waals surface area contributed by atoms with Gasteiger partial charge in [0.1, 0.15) is 11.5 Å². The summed E-state index contributed by atoms with van der Waals surface area (Å²) in [5, 5.41) is 46.3. The molecular formula is C60H80N12O6. The molecule has 0 radical (unpaired) electrons. The number of esters is 2. The fraction of sp³-hybridized carbons (Fsp3) is 0.467. The number of piperazine rings is 2. The van der Waals surface area contributed by atoms with Crippen molar-refractivity contribution in [2.24, 2.45) is 0 Å². The van der Waals surface area contributed by atoms with Crippen molar-refractivity contribution >= 4 is 11.9 Å². The normalized spacial score (nSPS) is 19.1. The summed E-state index contributed by atoms with van der Waals surface area (Å²) in [4.78, 5) is 34.8. The Balaban J connectivity index is 0.000000226. The molecule has 2 aliphatic heterocycles. The van der Waals surface area contributed by atoms with E-state index in [1.165, 1.54) is 0 Å². The van der Waals surface area contributed by atoms with E-state index in [0.29, 0.717) is 87.8 Å². The number of benzene rings is 4. The molecule has 4 heterocycles. The molecule has 0 saturated carbocycles. The summed E-state index contributed by atoms with van der Waals surface area (Å²) in [6.45, 7) is 27.9. The third-order valence-electron chi connectivity index (χ3n) is 14.6. The number of ether oxygens (including phenoxy) is 2. The summed E-state index contributed by atoms with van der Waals surface area (Å²) in [6.07, 6.45) is 7.69. The van der Waals surface area contributed by atoms with Crippen molar-refractivity contribution in [3.63, 3.8) is 0 Å². The lowest BCUT2D eigenvalue weighted by Crippen LogP contribution is -2.57. The van der Waals surface area contributed by atoms with E-state index in [1.807, 2.05) is 74.5 Å². The van der Waals surface area contributed by atoms with Crippen LogP contribution in [0.25, 0.3) is 22.8 Å². The molecule has 18 nitrogen and oxygen atoms in total. The maximum Gasteiger partial charge on any atom is 0.305 e. The van der Waals surface area contributed by atoms with Gasteiger partial charge < -0.3 is 19.7 Å². The Morgan fingerprint density at radius 2 is 1.08 bits per heavy atom. The number of phenols is 2. The van der Waals surface area contributed by atoms with Crippen LogP contribution in [0.5, 0.6) is 11.5 Å². The monoisotopic (exact) mass is 1060 g/mol. The van der Waals surface area contributed by atoms with Gasteiger partial charge in [-0.3, -0.25) is 29.2 Å². The second kappa shape index (κ2) is 29.0. The molecule has 0 bridgehead atoms. The van der Waals surface area contributed by atoms with E-state index in [0.717, 1.165) is 85.5 Å². The van der Waals surface area contributed by atoms with E-state index in [9.17, 15) is 19.8 Å². The molecule has 2 aromatic heterocycles. The molecule has 0 aliphatic carbocycles. The number of unbranched alkanes of at least 4 members (excludes halogenated alkanes) is 2. The summed E-state index contributed by atoms with van der Waals surface area (Å²) >= 11 is 0. The molecule has 4 aromatic carbocycles. The van der Waals surface area contributed by atoms with Gasteiger partial charge in [-0.1, -0.05) is 72.8 Å². The Labute approximate surface area is 460 Å². The summed E-state index contributed by atoms with van der Waals surface area (Å²) in [6, 6.07) is 33.0. The maximum absolute atomic E-state index is 11.7. The van der Waals surface area contributed by atoms with Gasteiger partial charge in [-0.05, 0) is 142 Å². The molecule has 6 aromatic rings. The Kier molecular flexibility index (Phi) is 21.8. The molecule has 18 heteroatoms. The van der Waals surface area contributed by atoms with Gasteiger partial charge in [0, 0.05) is 93.9 Å². The number of hydrogen-bond acceptors (Lipinski definition) is 16. The average Bonchev–Trinajstić information content (AvgIpc) is 4.12. The van der Waals surface area contributed by atoms with Crippen molar-refractivity contribution in [1.29, 1.82) is 0 Å². The number of aryl methyl sites for hydroxylation is 2. The minimum Gasteiger partial charge on any atom is -0.508 e. The van der Waals surface area contributed by atoms with Gasteiger partial charge in [0.2, 0.25) is 5.82 Å². The first-order valence-corrected chi connectivity index (χ1v) is 27.7. The van der Waals surface area contributed by atoms with Gasteiger partial charge >= 0.3 is 11.9 Å². The number of nitrogens with zero attached hydrogens (tertiary/aromatic N) is 12. The molecule has 416 valence electrons. The fourth-order valence-electron chi connectivity index (χ4n) is 10.8. The van der Waals surface area contributed by atoms with Crippen LogP contribution in [0.4, 0.5) is 0 Å². The van der Waals surface area contributed by atoms with Crippen LogP contribution < -0.4 is 0 Å². The van der Waals surface area contributed by atoms with Crippen LogP contribution in [0.1, 0.15) is 114 Å². The molecule has 0 spiro atoms. The van der Waals surface area contributed by atoms with Gasteiger partial charge in [0.05, 0.1) is 31.8 Å². The molecule has 78 heavy (non-hydrogen) atoms. The maximum atomic E-state index is 11.7. The number of aromatic nitrogens is 8. The number of aromatic hydroxyl groups is 2. The second-order valence-electron chi connectivity index (χ2n) is 20.5. The van der Waals surface area contributed by atoms with Gasteiger partial charge in [0.15, 0.2) is 5.82 Å². The molecule has 2 N–H and O–H groups in total. The highest BCUT2D eigenvalue weighted by Crippen LogP contribution is 2.38. The Bertz CT molecular complexity index is 2870. The van der Waals surface area contributed by atoms with Crippen molar-refractivity contribution in [3.05, 3.63) is 145 Å². The zero-order valence-corrected chi connectivity index (χ0v) is 46.5. The highest BCUT2D eigenvalue weighted by molar-refractivity contribution is 5.69. The minimum absolute atomic E-state index is 0.0432. The third-order valence-corrected chi connectivity index (χ3v) is 14.6. The quantitative estimate of drug-likeness (QED) is 0.0331. The Morgan fingerprint density at radius 1 is 0.603 bits per heavy atom.